The zero-order valence-corrected chi connectivity index (χ0v) is 14.7. The van der Waals surface area contributed by atoms with Crippen LogP contribution in [0.4, 0.5) is 0 Å². The van der Waals surface area contributed by atoms with Gasteiger partial charge in [0.2, 0.25) is 5.91 Å². The molecule has 24 heavy (non-hydrogen) atoms. The van der Waals surface area contributed by atoms with E-state index in [9.17, 15) is 4.79 Å². The molecule has 4 heteroatoms. The van der Waals surface area contributed by atoms with Crippen LogP contribution in [0.25, 0.3) is 0 Å². The van der Waals surface area contributed by atoms with Crippen LogP contribution in [0.1, 0.15) is 31.2 Å². The summed E-state index contributed by atoms with van der Waals surface area (Å²) in [7, 11) is 0. The van der Waals surface area contributed by atoms with Gasteiger partial charge in [0, 0.05) is 31.3 Å². The number of amides is 1. The molecule has 2 aliphatic heterocycles. The second-order valence-corrected chi connectivity index (χ2v) is 7.81. The molecule has 0 N–H and O–H groups in total. The van der Waals surface area contributed by atoms with Crippen molar-refractivity contribution in [3.8, 4) is 0 Å². The molecule has 1 aliphatic carbocycles. The van der Waals surface area contributed by atoms with Gasteiger partial charge < -0.3 is 9.64 Å². The van der Waals surface area contributed by atoms with E-state index in [-0.39, 0.29) is 0 Å². The molecule has 1 aromatic carbocycles. The van der Waals surface area contributed by atoms with Crippen molar-refractivity contribution < 1.29 is 9.53 Å². The highest BCUT2D eigenvalue weighted by atomic mass is 35.5. The van der Waals surface area contributed by atoms with E-state index in [0.29, 0.717) is 36.0 Å². The topological polar surface area (TPSA) is 29.5 Å². The number of carbonyl (C=O) groups is 1. The number of allylic oxidation sites excluding steroid dienone is 2. The van der Waals surface area contributed by atoms with E-state index < -0.39 is 5.41 Å². The Morgan fingerprint density at radius 2 is 1.62 bits per heavy atom. The third-order valence-corrected chi connectivity index (χ3v) is 6.31. The van der Waals surface area contributed by atoms with Crippen molar-refractivity contribution in [3.63, 3.8) is 0 Å². The van der Waals surface area contributed by atoms with Crippen molar-refractivity contribution in [1.82, 2.24) is 4.90 Å². The van der Waals surface area contributed by atoms with Crippen LogP contribution in [0.3, 0.4) is 0 Å². The zero-order chi connectivity index (χ0) is 16.6. The Hall–Kier alpha value is -1.32. The lowest BCUT2D eigenvalue weighted by atomic mass is 9.73. The van der Waals surface area contributed by atoms with Gasteiger partial charge in [0.05, 0.1) is 5.41 Å². The van der Waals surface area contributed by atoms with Gasteiger partial charge in [0.1, 0.15) is 0 Å². The molecule has 0 saturated carbocycles. The Balaban J connectivity index is 1.62. The standard InChI is InChI=1S/C20H24ClNO2/c21-18-7-5-17(6-8-18)20(9-11-24-12-10-20)19(23)22-13-15-3-1-2-4-16(15)14-22/h1-2,5-8,15-16H,3-4,9-14H2. The van der Waals surface area contributed by atoms with Crippen molar-refractivity contribution in [2.75, 3.05) is 26.3 Å². The van der Waals surface area contributed by atoms with Crippen LogP contribution in [-0.4, -0.2) is 37.1 Å². The summed E-state index contributed by atoms with van der Waals surface area (Å²) in [5, 5.41) is 0.715. The fraction of sp³-hybridized carbons (Fsp3) is 0.550. The summed E-state index contributed by atoms with van der Waals surface area (Å²) >= 11 is 6.06. The molecule has 0 aromatic heterocycles. The lowest BCUT2D eigenvalue weighted by Crippen LogP contribution is -2.49. The number of carbonyl (C=O) groups excluding carboxylic acids is 1. The van der Waals surface area contributed by atoms with Gasteiger partial charge in [-0.25, -0.2) is 0 Å². The van der Waals surface area contributed by atoms with Crippen molar-refractivity contribution in [2.24, 2.45) is 11.8 Å². The number of rotatable bonds is 2. The number of benzene rings is 1. The summed E-state index contributed by atoms with van der Waals surface area (Å²) < 4.78 is 5.57. The van der Waals surface area contributed by atoms with Crippen LogP contribution < -0.4 is 0 Å². The molecule has 2 unspecified atom stereocenters. The fourth-order valence-corrected chi connectivity index (χ4v) is 4.72. The van der Waals surface area contributed by atoms with Crippen LogP contribution in [0.2, 0.25) is 5.02 Å². The molecule has 2 saturated heterocycles. The van der Waals surface area contributed by atoms with Crippen LogP contribution >= 0.6 is 11.6 Å². The monoisotopic (exact) mass is 345 g/mol. The average molecular weight is 346 g/mol. The minimum Gasteiger partial charge on any atom is -0.381 e. The van der Waals surface area contributed by atoms with E-state index in [1.54, 1.807) is 0 Å². The van der Waals surface area contributed by atoms with Gasteiger partial charge in [-0.2, -0.15) is 0 Å². The van der Waals surface area contributed by atoms with Crippen LogP contribution in [0.5, 0.6) is 0 Å². The molecule has 4 rings (SSSR count). The summed E-state index contributed by atoms with van der Waals surface area (Å²) in [5.74, 6) is 1.57. The van der Waals surface area contributed by atoms with E-state index in [1.807, 2.05) is 24.3 Å². The second kappa shape index (κ2) is 6.53. The quantitative estimate of drug-likeness (QED) is 0.763. The first-order valence-electron chi connectivity index (χ1n) is 8.97. The van der Waals surface area contributed by atoms with Gasteiger partial charge >= 0.3 is 0 Å². The maximum Gasteiger partial charge on any atom is 0.233 e. The number of halogens is 1. The maximum absolute atomic E-state index is 13.6. The fourth-order valence-electron chi connectivity index (χ4n) is 4.60. The molecular formula is C20H24ClNO2. The van der Waals surface area contributed by atoms with Crippen molar-refractivity contribution in [2.45, 2.75) is 31.1 Å². The maximum atomic E-state index is 13.6. The Labute approximate surface area is 148 Å². The number of fused-ring (bicyclic) bond motifs is 1. The van der Waals surface area contributed by atoms with Crippen molar-refractivity contribution >= 4 is 17.5 Å². The molecule has 3 nitrogen and oxygen atoms in total. The number of likely N-dealkylation sites (tertiary alicyclic amines) is 1. The van der Waals surface area contributed by atoms with E-state index in [2.05, 4.69) is 17.1 Å². The highest BCUT2D eigenvalue weighted by molar-refractivity contribution is 6.30. The van der Waals surface area contributed by atoms with Gasteiger partial charge in [-0.3, -0.25) is 4.79 Å². The third kappa shape index (κ3) is 2.78. The second-order valence-electron chi connectivity index (χ2n) is 7.37. The highest BCUT2D eigenvalue weighted by Gasteiger charge is 2.47. The largest absolute Gasteiger partial charge is 0.381 e. The Bertz CT molecular complexity index is 618. The molecule has 2 heterocycles. The van der Waals surface area contributed by atoms with Crippen LogP contribution in [0.15, 0.2) is 36.4 Å². The zero-order valence-electron chi connectivity index (χ0n) is 13.9. The van der Waals surface area contributed by atoms with E-state index in [1.165, 1.54) is 0 Å². The SMILES string of the molecule is O=C(N1CC2CC=CCC2C1)C1(c2ccc(Cl)cc2)CCOCC1. The molecule has 0 radical (unpaired) electrons. The first-order valence-corrected chi connectivity index (χ1v) is 9.35. The van der Waals surface area contributed by atoms with Gasteiger partial charge in [0.15, 0.2) is 0 Å². The molecular weight excluding hydrogens is 322 g/mol. The number of ether oxygens (including phenoxy) is 1. The van der Waals surface area contributed by atoms with E-state index in [4.69, 9.17) is 16.3 Å². The smallest absolute Gasteiger partial charge is 0.233 e. The summed E-state index contributed by atoms with van der Waals surface area (Å²) in [4.78, 5) is 15.7. The minimum atomic E-state index is -0.441. The van der Waals surface area contributed by atoms with Crippen LogP contribution in [0, 0.1) is 11.8 Å². The average Bonchev–Trinajstić information content (AvgIpc) is 3.06. The molecule has 2 fully saturated rings. The van der Waals surface area contributed by atoms with Gasteiger partial charge in [-0.05, 0) is 55.2 Å². The lowest BCUT2D eigenvalue weighted by molar-refractivity contribution is -0.140. The number of nitrogens with zero attached hydrogens (tertiary/aromatic N) is 1. The Kier molecular flexibility index (Phi) is 4.40. The summed E-state index contributed by atoms with van der Waals surface area (Å²) in [6, 6.07) is 7.84. The Morgan fingerprint density at radius 1 is 1.04 bits per heavy atom. The normalized spacial score (nSPS) is 28.6. The third-order valence-electron chi connectivity index (χ3n) is 6.06. The molecule has 3 aliphatic rings. The first-order chi connectivity index (χ1) is 11.7. The Morgan fingerprint density at radius 3 is 2.21 bits per heavy atom. The number of hydrogen-bond acceptors (Lipinski definition) is 2. The summed E-state index contributed by atoms with van der Waals surface area (Å²) in [5.41, 5.74) is 0.650. The summed E-state index contributed by atoms with van der Waals surface area (Å²) in [6.45, 7) is 3.11. The lowest BCUT2D eigenvalue weighted by Gasteiger charge is -2.39. The van der Waals surface area contributed by atoms with Gasteiger partial charge in [-0.1, -0.05) is 35.9 Å². The van der Waals surface area contributed by atoms with E-state index >= 15 is 0 Å². The van der Waals surface area contributed by atoms with Crippen LogP contribution in [-0.2, 0) is 14.9 Å². The molecule has 2 atom stereocenters. The predicted octanol–water partition coefficient (Wildman–Crippen LogP) is 3.81. The molecule has 0 bridgehead atoms. The van der Waals surface area contributed by atoms with E-state index in [0.717, 1.165) is 44.3 Å². The summed E-state index contributed by atoms with van der Waals surface area (Å²) in [6.07, 6.45) is 8.31. The van der Waals surface area contributed by atoms with Gasteiger partial charge in [-0.15, -0.1) is 0 Å². The van der Waals surface area contributed by atoms with Gasteiger partial charge in [0.25, 0.3) is 0 Å². The molecule has 128 valence electrons. The number of hydrogen-bond donors (Lipinski definition) is 0. The molecule has 1 aromatic rings. The highest BCUT2D eigenvalue weighted by Crippen LogP contribution is 2.41. The van der Waals surface area contributed by atoms with Crippen molar-refractivity contribution in [1.29, 1.82) is 0 Å². The molecule has 0 spiro atoms. The first kappa shape index (κ1) is 16.2. The predicted molar refractivity (Wildman–Crippen MR) is 95.1 cm³/mol. The molecule has 1 amide bonds. The minimum absolute atomic E-state index is 0.294. The van der Waals surface area contributed by atoms with Crippen molar-refractivity contribution in [3.05, 3.63) is 47.0 Å².